The molecule has 0 aliphatic rings. The van der Waals surface area contributed by atoms with Gasteiger partial charge in [0.1, 0.15) is 0 Å². The predicted octanol–water partition coefficient (Wildman–Crippen LogP) is 1.45. The van der Waals surface area contributed by atoms with Crippen molar-refractivity contribution in [2.24, 2.45) is 0 Å². The molecule has 4 nitrogen and oxygen atoms in total. The third-order valence-electron chi connectivity index (χ3n) is 2.05. The van der Waals surface area contributed by atoms with Crippen LogP contribution in [-0.4, -0.2) is 15.0 Å². The first-order valence-electron chi connectivity index (χ1n) is 4.65. The lowest BCUT2D eigenvalue weighted by atomic mass is 10.1. The second-order valence-corrected chi connectivity index (χ2v) is 3.51. The molecule has 0 aromatic carbocycles. The van der Waals surface area contributed by atoms with Crippen LogP contribution in [0.1, 0.15) is 11.3 Å². The Labute approximate surface area is 87.0 Å². The zero-order chi connectivity index (χ0) is 10.8. The summed E-state index contributed by atoms with van der Waals surface area (Å²) in [6.07, 6.45) is 3.47. The summed E-state index contributed by atoms with van der Waals surface area (Å²) < 4.78 is 0. The maximum Gasteiger partial charge on any atom is 0.345 e. The molecule has 0 aliphatic carbocycles. The third-order valence-corrected chi connectivity index (χ3v) is 2.05. The fraction of sp³-hybridized carbons (Fsp3) is 0.182. The maximum absolute atomic E-state index is 11.2. The third kappa shape index (κ3) is 2.10. The average Bonchev–Trinajstić information content (AvgIpc) is 2.16. The molecule has 0 amide bonds. The van der Waals surface area contributed by atoms with Crippen LogP contribution in [0.3, 0.4) is 0 Å². The molecule has 2 aromatic heterocycles. The summed E-state index contributed by atoms with van der Waals surface area (Å²) in [5.41, 5.74) is 3.04. The molecular weight excluding hydrogens is 190 g/mol. The van der Waals surface area contributed by atoms with Crippen molar-refractivity contribution >= 4 is 0 Å². The summed E-state index contributed by atoms with van der Waals surface area (Å²) in [6.45, 7) is 3.78. The molecule has 0 fully saturated rings. The van der Waals surface area contributed by atoms with Gasteiger partial charge >= 0.3 is 5.69 Å². The summed E-state index contributed by atoms with van der Waals surface area (Å²) in [4.78, 5) is 21.8. The molecule has 15 heavy (non-hydrogen) atoms. The first-order chi connectivity index (χ1) is 7.15. The molecule has 2 rings (SSSR count). The Hall–Kier alpha value is -1.97. The Kier molecular flexibility index (Phi) is 2.33. The Morgan fingerprint density at radius 3 is 2.67 bits per heavy atom. The van der Waals surface area contributed by atoms with E-state index in [1.165, 1.54) is 0 Å². The van der Waals surface area contributed by atoms with Crippen LogP contribution in [0.15, 0.2) is 29.3 Å². The highest BCUT2D eigenvalue weighted by molar-refractivity contribution is 5.58. The van der Waals surface area contributed by atoms with E-state index in [0.717, 1.165) is 16.8 Å². The number of aryl methyl sites for hydroxylation is 2. The highest BCUT2D eigenvalue weighted by Gasteiger charge is 2.01. The second kappa shape index (κ2) is 3.65. The monoisotopic (exact) mass is 201 g/mol. The zero-order valence-electron chi connectivity index (χ0n) is 8.61. The first kappa shape index (κ1) is 9.58. The lowest BCUT2D eigenvalue weighted by Gasteiger charge is -2.01. The van der Waals surface area contributed by atoms with Gasteiger partial charge in [-0.05, 0) is 31.5 Å². The Morgan fingerprint density at radius 1 is 1.20 bits per heavy atom. The van der Waals surface area contributed by atoms with Crippen LogP contribution < -0.4 is 5.69 Å². The largest absolute Gasteiger partial charge is 0.345 e. The number of H-pyrrole nitrogens is 1. The number of nitrogens with zero attached hydrogens (tertiary/aromatic N) is 2. The summed E-state index contributed by atoms with van der Waals surface area (Å²) in [6, 6.07) is 3.78. The standard InChI is InChI=1S/C11H11N3O/c1-7-3-9(6-12-5-7)10-4-8(2)13-11(15)14-10/h3-6H,1-2H3,(H,13,14,15). The summed E-state index contributed by atoms with van der Waals surface area (Å²) in [5, 5.41) is 0. The fourth-order valence-corrected chi connectivity index (χ4v) is 1.42. The molecule has 0 saturated carbocycles. The van der Waals surface area contributed by atoms with Crippen LogP contribution >= 0.6 is 0 Å². The SMILES string of the molecule is Cc1cncc(-c2cc(C)[nH]c(=O)n2)c1. The molecule has 0 radical (unpaired) electrons. The number of aromatic amines is 1. The number of hydrogen-bond donors (Lipinski definition) is 1. The summed E-state index contributed by atoms with van der Waals surface area (Å²) in [7, 11) is 0. The topological polar surface area (TPSA) is 58.6 Å². The first-order valence-corrected chi connectivity index (χ1v) is 4.65. The van der Waals surface area contributed by atoms with Crippen LogP contribution in [-0.2, 0) is 0 Å². The Bertz CT molecular complexity index is 546. The lowest BCUT2D eigenvalue weighted by Crippen LogP contribution is -2.11. The van der Waals surface area contributed by atoms with Gasteiger partial charge in [0, 0.05) is 23.7 Å². The minimum atomic E-state index is -0.327. The molecule has 0 aliphatic heterocycles. The van der Waals surface area contributed by atoms with E-state index in [1.54, 1.807) is 12.4 Å². The van der Waals surface area contributed by atoms with Gasteiger partial charge in [0.15, 0.2) is 0 Å². The number of hydrogen-bond acceptors (Lipinski definition) is 3. The zero-order valence-corrected chi connectivity index (χ0v) is 8.61. The molecular formula is C11H11N3O. The van der Waals surface area contributed by atoms with Crippen molar-refractivity contribution in [3.05, 3.63) is 46.3 Å². The van der Waals surface area contributed by atoms with Crippen molar-refractivity contribution in [3.8, 4) is 11.3 Å². The van der Waals surface area contributed by atoms with E-state index in [1.807, 2.05) is 26.0 Å². The van der Waals surface area contributed by atoms with Crippen LogP contribution in [0.2, 0.25) is 0 Å². The quantitative estimate of drug-likeness (QED) is 0.759. The van der Waals surface area contributed by atoms with Crippen molar-refractivity contribution in [2.75, 3.05) is 0 Å². The highest BCUT2D eigenvalue weighted by atomic mass is 16.1. The molecule has 4 heteroatoms. The molecule has 0 atom stereocenters. The summed E-state index contributed by atoms with van der Waals surface area (Å²) >= 11 is 0. The minimum Gasteiger partial charge on any atom is -0.310 e. The molecule has 0 bridgehead atoms. The van der Waals surface area contributed by atoms with E-state index in [2.05, 4.69) is 15.0 Å². The van der Waals surface area contributed by atoms with Gasteiger partial charge < -0.3 is 4.98 Å². The van der Waals surface area contributed by atoms with Crippen LogP contribution in [0.25, 0.3) is 11.3 Å². The summed E-state index contributed by atoms with van der Waals surface area (Å²) in [5.74, 6) is 0. The van der Waals surface area contributed by atoms with Crippen LogP contribution in [0, 0.1) is 13.8 Å². The van der Waals surface area contributed by atoms with Gasteiger partial charge in [0.2, 0.25) is 0 Å². The van der Waals surface area contributed by atoms with Gasteiger partial charge in [0.05, 0.1) is 5.69 Å². The smallest absolute Gasteiger partial charge is 0.310 e. The fourth-order valence-electron chi connectivity index (χ4n) is 1.42. The molecule has 76 valence electrons. The normalized spacial score (nSPS) is 10.3. The Balaban J connectivity index is 2.59. The average molecular weight is 201 g/mol. The van der Waals surface area contributed by atoms with Gasteiger partial charge in [0.25, 0.3) is 0 Å². The van der Waals surface area contributed by atoms with Gasteiger partial charge in [-0.1, -0.05) is 0 Å². The number of pyridine rings is 1. The number of aromatic nitrogens is 3. The Morgan fingerprint density at radius 2 is 2.00 bits per heavy atom. The molecule has 0 unspecified atom stereocenters. The van der Waals surface area contributed by atoms with E-state index in [9.17, 15) is 4.79 Å². The van der Waals surface area contributed by atoms with Crippen molar-refractivity contribution in [3.63, 3.8) is 0 Å². The molecule has 0 spiro atoms. The molecule has 2 aromatic rings. The van der Waals surface area contributed by atoms with E-state index in [0.29, 0.717) is 5.69 Å². The van der Waals surface area contributed by atoms with E-state index < -0.39 is 0 Å². The van der Waals surface area contributed by atoms with Crippen LogP contribution in [0.4, 0.5) is 0 Å². The number of nitrogens with one attached hydrogen (secondary N) is 1. The van der Waals surface area contributed by atoms with Gasteiger partial charge in [-0.2, -0.15) is 4.98 Å². The van der Waals surface area contributed by atoms with E-state index >= 15 is 0 Å². The van der Waals surface area contributed by atoms with Crippen molar-refractivity contribution in [1.29, 1.82) is 0 Å². The second-order valence-electron chi connectivity index (χ2n) is 3.51. The van der Waals surface area contributed by atoms with Crippen molar-refractivity contribution < 1.29 is 0 Å². The van der Waals surface area contributed by atoms with E-state index in [4.69, 9.17) is 0 Å². The predicted molar refractivity (Wildman–Crippen MR) is 57.6 cm³/mol. The lowest BCUT2D eigenvalue weighted by molar-refractivity contribution is 1.03. The highest BCUT2D eigenvalue weighted by Crippen LogP contribution is 2.15. The maximum atomic E-state index is 11.2. The van der Waals surface area contributed by atoms with Crippen molar-refractivity contribution in [1.82, 2.24) is 15.0 Å². The molecule has 2 heterocycles. The van der Waals surface area contributed by atoms with Crippen molar-refractivity contribution in [2.45, 2.75) is 13.8 Å². The van der Waals surface area contributed by atoms with Gasteiger partial charge in [-0.25, -0.2) is 4.79 Å². The van der Waals surface area contributed by atoms with E-state index in [-0.39, 0.29) is 5.69 Å². The van der Waals surface area contributed by atoms with Gasteiger partial charge in [-0.3, -0.25) is 4.98 Å². The molecule has 0 saturated heterocycles. The number of rotatable bonds is 1. The molecule has 1 N–H and O–H groups in total. The van der Waals surface area contributed by atoms with Crippen LogP contribution in [0.5, 0.6) is 0 Å². The minimum absolute atomic E-state index is 0.327. The van der Waals surface area contributed by atoms with Gasteiger partial charge in [-0.15, -0.1) is 0 Å².